The third-order valence-corrected chi connectivity index (χ3v) is 3.68. The molecule has 3 amide bonds. The number of thioether (sulfide) groups is 1. The molecule has 102 valence electrons. The maximum atomic E-state index is 12.2. The first-order chi connectivity index (χ1) is 8.47. The van der Waals surface area contributed by atoms with Crippen molar-refractivity contribution in [2.75, 3.05) is 31.1 Å². The molecule has 7 nitrogen and oxygen atoms in total. The van der Waals surface area contributed by atoms with Gasteiger partial charge in [-0.3, -0.25) is 4.79 Å². The van der Waals surface area contributed by atoms with Gasteiger partial charge in [-0.15, -0.1) is 0 Å². The first-order valence-electron chi connectivity index (χ1n) is 5.61. The second-order valence-electron chi connectivity index (χ2n) is 3.89. The molecule has 0 aliphatic carbocycles. The number of hydrogen-bond donors (Lipinski definition) is 2. The van der Waals surface area contributed by atoms with E-state index in [0.29, 0.717) is 24.6 Å². The highest BCUT2D eigenvalue weighted by atomic mass is 32.2. The lowest BCUT2D eigenvalue weighted by Gasteiger charge is -2.36. The molecule has 1 atom stereocenters. The van der Waals surface area contributed by atoms with Gasteiger partial charge in [0.15, 0.2) is 0 Å². The van der Waals surface area contributed by atoms with Crippen LogP contribution in [0.3, 0.4) is 0 Å². The molecular weight excluding hydrogens is 258 g/mol. The van der Waals surface area contributed by atoms with E-state index in [4.69, 9.17) is 10.8 Å². The molecule has 1 aliphatic heterocycles. The van der Waals surface area contributed by atoms with Crippen LogP contribution in [0.1, 0.15) is 6.92 Å². The molecule has 1 heterocycles. The number of carboxylic acids is 1. The third-order valence-electron chi connectivity index (χ3n) is 2.66. The Bertz CT molecular complexity index is 350. The maximum absolute atomic E-state index is 12.2. The van der Waals surface area contributed by atoms with E-state index in [0.717, 1.165) is 0 Å². The van der Waals surface area contributed by atoms with E-state index >= 15 is 0 Å². The third kappa shape index (κ3) is 3.52. The normalized spacial score (nSPS) is 19.4. The number of hydrogen-bond acceptors (Lipinski definition) is 4. The highest BCUT2D eigenvalue weighted by Gasteiger charge is 2.34. The van der Waals surface area contributed by atoms with E-state index in [-0.39, 0.29) is 6.54 Å². The van der Waals surface area contributed by atoms with Crippen molar-refractivity contribution in [2.24, 2.45) is 5.73 Å². The molecular formula is C10H17N3O4S. The Kier molecular flexibility index (Phi) is 5.26. The van der Waals surface area contributed by atoms with Crippen molar-refractivity contribution < 1.29 is 19.5 Å². The second-order valence-corrected chi connectivity index (χ2v) is 5.04. The fourth-order valence-electron chi connectivity index (χ4n) is 1.72. The number of carbonyl (C=O) groups is 3. The lowest BCUT2D eigenvalue weighted by atomic mass is 10.3. The Balaban J connectivity index is 2.78. The Hall–Kier alpha value is -1.44. The zero-order valence-corrected chi connectivity index (χ0v) is 11.0. The Morgan fingerprint density at radius 1 is 1.50 bits per heavy atom. The number of likely N-dealkylation sites (N-methyl/N-ethyl adjacent to an activating group) is 1. The van der Waals surface area contributed by atoms with Crippen molar-refractivity contribution in [3.63, 3.8) is 0 Å². The molecule has 1 rings (SSSR count). The molecule has 0 aromatic rings. The number of nitrogens with two attached hydrogens (primary N) is 1. The fourth-order valence-corrected chi connectivity index (χ4v) is 2.76. The van der Waals surface area contributed by atoms with Crippen molar-refractivity contribution in [3.05, 3.63) is 0 Å². The van der Waals surface area contributed by atoms with Crippen molar-refractivity contribution in [3.8, 4) is 0 Å². The van der Waals surface area contributed by atoms with Crippen molar-refractivity contribution in [2.45, 2.75) is 13.0 Å². The number of carboxylic acid groups (broad SMARTS) is 1. The van der Waals surface area contributed by atoms with Crippen LogP contribution in [0.15, 0.2) is 0 Å². The summed E-state index contributed by atoms with van der Waals surface area (Å²) in [6.07, 6.45) is 0. The topological polar surface area (TPSA) is 104 Å². The molecule has 0 spiro atoms. The number of urea groups is 1. The summed E-state index contributed by atoms with van der Waals surface area (Å²) >= 11 is 1.50. The van der Waals surface area contributed by atoms with E-state index < -0.39 is 23.9 Å². The highest BCUT2D eigenvalue weighted by molar-refractivity contribution is 7.99. The van der Waals surface area contributed by atoms with Crippen LogP contribution in [-0.2, 0) is 9.59 Å². The predicted octanol–water partition coefficient (Wildman–Crippen LogP) is -0.584. The quantitative estimate of drug-likeness (QED) is 0.714. The van der Waals surface area contributed by atoms with Crippen LogP contribution in [0.4, 0.5) is 4.79 Å². The molecule has 0 aromatic heterocycles. The van der Waals surface area contributed by atoms with Gasteiger partial charge in [0.25, 0.3) is 0 Å². The lowest BCUT2D eigenvalue weighted by molar-refractivity contribution is -0.141. The van der Waals surface area contributed by atoms with Gasteiger partial charge < -0.3 is 20.6 Å². The maximum Gasteiger partial charge on any atom is 0.327 e. The molecule has 3 N–H and O–H groups in total. The minimum absolute atomic E-state index is 0.189. The molecule has 1 aliphatic rings. The lowest BCUT2D eigenvalue weighted by Crippen LogP contribution is -2.55. The van der Waals surface area contributed by atoms with Crippen molar-refractivity contribution in [1.29, 1.82) is 0 Å². The SMILES string of the molecule is CCN(CC(N)=O)C(=O)N1CCSCC1C(=O)O. The molecule has 1 fully saturated rings. The van der Waals surface area contributed by atoms with Gasteiger partial charge in [0.05, 0.1) is 0 Å². The molecule has 0 radical (unpaired) electrons. The van der Waals surface area contributed by atoms with Gasteiger partial charge in [-0.2, -0.15) is 11.8 Å². The number of aliphatic carboxylic acids is 1. The van der Waals surface area contributed by atoms with E-state index in [1.54, 1.807) is 6.92 Å². The van der Waals surface area contributed by atoms with Crippen LogP contribution in [0, 0.1) is 0 Å². The van der Waals surface area contributed by atoms with Crippen molar-refractivity contribution in [1.82, 2.24) is 9.80 Å². The van der Waals surface area contributed by atoms with E-state index in [9.17, 15) is 14.4 Å². The standard InChI is InChI=1S/C10H17N3O4S/c1-2-12(5-8(11)14)10(17)13-3-4-18-6-7(13)9(15)16/h7H,2-6H2,1H3,(H2,11,14)(H,15,16). The molecule has 18 heavy (non-hydrogen) atoms. The largest absolute Gasteiger partial charge is 0.480 e. The summed E-state index contributed by atoms with van der Waals surface area (Å²) in [4.78, 5) is 36.7. The van der Waals surface area contributed by atoms with Crippen LogP contribution >= 0.6 is 11.8 Å². The van der Waals surface area contributed by atoms with Crippen LogP contribution < -0.4 is 5.73 Å². The summed E-state index contributed by atoms with van der Waals surface area (Å²) in [5.41, 5.74) is 5.06. The number of amides is 3. The van der Waals surface area contributed by atoms with Gasteiger partial charge in [0.2, 0.25) is 5.91 Å². The minimum atomic E-state index is -1.02. The van der Waals surface area contributed by atoms with Crippen LogP contribution in [0.5, 0.6) is 0 Å². The number of nitrogens with zero attached hydrogens (tertiary/aromatic N) is 2. The van der Waals surface area contributed by atoms with Gasteiger partial charge in [-0.1, -0.05) is 0 Å². The average molecular weight is 275 g/mol. The first-order valence-corrected chi connectivity index (χ1v) is 6.77. The zero-order chi connectivity index (χ0) is 13.7. The van der Waals surface area contributed by atoms with Crippen LogP contribution in [-0.4, -0.2) is 70.0 Å². The fraction of sp³-hybridized carbons (Fsp3) is 0.700. The van der Waals surface area contributed by atoms with Crippen molar-refractivity contribution >= 4 is 29.7 Å². The van der Waals surface area contributed by atoms with Gasteiger partial charge in [-0.25, -0.2) is 9.59 Å². The van der Waals surface area contributed by atoms with Gasteiger partial charge in [0.1, 0.15) is 12.6 Å². The first kappa shape index (κ1) is 14.6. The molecule has 0 saturated carbocycles. The van der Waals surface area contributed by atoms with E-state index in [2.05, 4.69) is 0 Å². The Labute approximate surface area is 109 Å². The van der Waals surface area contributed by atoms with Gasteiger partial charge in [-0.05, 0) is 6.92 Å². The summed E-state index contributed by atoms with van der Waals surface area (Å²) in [6.45, 7) is 2.22. The predicted molar refractivity (Wildman–Crippen MR) is 67.3 cm³/mol. The molecule has 1 saturated heterocycles. The zero-order valence-electron chi connectivity index (χ0n) is 10.2. The molecule has 0 bridgehead atoms. The summed E-state index contributed by atoms with van der Waals surface area (Å²) < 4.78 is 0. The number of primary amides is 1. The van der Waals surface area contributed by atoms with Gasteiger partial charge >= 0.3 is 12.0 Å². The average Bonchev–Trinajstić information content (AvgIpc) is 2.34. The molecule has 1 unspecified atom stereocenters. The summed E-state index contributed by atoms with van der Waals surface area (Å²) in [7, 11) is 0. The summed E-state index contributed by atoms with van der Waals surface area (Å²) in [5.74, 6) is -0.562. The smallest absolute Gasteiger partial charge is 0.327 e. The summed E-state index contributed by atoms with van der Waals surface area (Å²) in [5, 5.41) is 9.08. The van der Waals surface area contributed by atoms with Gasteiger partial charge in [0, 0.05) is 24.6 Å². The van der Waals surface area contributed by atoms with E-state index in [1.165, 1.54) is 21.6 Å². The Morgan fingerprint density at radius 2 is 2.17 bits per heavy atom. The molecule has 0 aromatic carbocycles. The number of carbonyl (C=O) groups excluding carboxylic acids is 2. The monoisotopic (exact) mass is 275 g/mol. The van der Waals surface area contributed by atoms with Crippen LogP contribution in [0.25, 0.3) is 0 Å². The van der Waals surface area contributed by atoms with Crippen LogP contribution in [0.2, 0.25) is 0 Å². The summed E-state index contributed by atoms with van der Waals surface area (Å²) in [6, 6.07) is -1.28. The Morgan fingerprint density at radius 3 is 2.67 bits per heavy atom. The minimum Gasteiger partial charge on any atom is -0.480 e. The molecule has 8 heteroatoms. The second kappa shape index (κ2) is 6.48. The highest BCUT2D eigenvalue weighted by Crippen LogP contribution is 2.18. The van der Waals surface area contributed by atoms with E-state index in [1.807, 2.05) is 0 Å². The number of rotatable bonds is 4.